The third kappa shape index (κ3) is 5.27. The molecule has 1 saturated heterocycles. The lowest BCUT2D eigenvalue weighted by atomic mass is 10.1. The monoisotopic (exact) mass is 184 g/mol. The fourth-order valence-electron chi connectivity index (χ4n) is 1.65. The number of rotatable bonds is 5. The highest BCUT2D eigenvalue weighted by atomic mass is 16.5. The van der Waals surface area contributed by atoms with Gasteiger partial charge in [-0.25, -0.2) is 0 Å². The summed E-state index contributed by atoms with van der Waals surface area (Å²) in [5.74, 6) is 0.615. The van der Waals surface area contributed by atoms with Gasteiger partial charge in [0.25, 0.3) is 0 Å². The summed E-state index contributed by atoms with van der Waals surface area (Å²) < 4.78 is 5.29. The lowest BCUT2D eigenvalue weighted by Crippen LogP contribution is -2.36. The lowest BCUT2D eigenvalue weighted by molar-refractivity contribution is 0.0370. The van der Waals surface area contributed by atoms with Crippen LogP contribution in [-0.2, 0) is 4.74 Å². The summed E-state index contributed by atoms with van der Waals surface area (Å²) in [4.78, 5) is 2.50. The van der Waals surface area contributed by atoms with Gasteiger partial charge >= 0.3 is 0 Å². The van der Waals surface area contributed by atoms with Crippen molar-refractivity contribution in [1.29, 1.82) is 0 Å². The van der Waals surface area contributed by atoms with E-state index in [1.807, 2.05) is 0 Å². The van der Waals surface area contributed by atoms with Crippen LogP contribution in [0.1, 0.15) is 26.2 Å². The highest BCUT2D eigenvalue weighted by Crippen LogP contribution is 2.07. The number of ether oxygens (including phenoxy) is 1. The standard InChI is InChI=1S/C11H22NO/c1-11(2)5-3-4-6-12-7-9-13-10-8-12/h11H,1,3-10H2,2H3. The molecule has 0 spiro atoms. The molecule has 1 fully saturated rings. The van der Waals surface area contributed by atoms with Crippen molar-refractivity contribution in [3.63, 3.8) is 0 Å². The molecule has 1 aliphatic heterocycles. The highest BCUT2D eigenvalue weighted by molar-refractivity contribution is 4.62. The zero-order valence-electron chi connectivity index (χ0n) is 8.80. The quantitative estimate of drug-likeness (QED) is 0.606. The predicted molar refractivity (Wildman–Crippen MR) is 55.6 cm³/mol. The van der Waals surface area contributed by atoms with E-state index in [-0.39, 0.29) is 0 Å². The smallest absolute Gasteiger partial charge is 0.0594 e. The van der Waals surface area contributed by atoms with Crippen LogP contribution in [0.25, 0.3) is 0 Å². The number of unbranched alkanes of at least 4 members (excludes halogenated alkanes) is 1. The summed E-state index contributed by atoms with van der Waals surface area (Å²) in [6, 6.07) is 0. The van der Waals surface area contributed by atoms with Crippen molar-refractivity contribution in [2.45, 2.75) is 26.2 Å². The average molecular weight is 184 g/mol. The van der Waals surface area contributed by atoms with Crippen molar-refractivity contribution in [2.24, 2.45) is 5.92 Å². The zero-order chi connectivity index (χ0) is 9.52. The molecule has 0 amide bonds. The fourth-order valence-corrected chi connectivity index (χ4v) is 1.65. The largest absolute Gasteiger partial charge is 0.379 e. The molecule has 13 heavy (non-hydrogen) atoms. The molecule has 2 heteroatoms. The predicted octanol–water partition coefficient (Wildman–Crippen LogP) is 1.96. The van der Waals surface area contributed by atoms with Crippen LogP contribution in [0.4, 0.5) is 0 Å². The second-order valence-electron chi connectivity index (χ2n) is 4.05. The van der Waals surface area contributed by atoms with E-state index in [4.69, 9.17) is 4.74 Å². The van der Waals surface area contributed by atoms with E-state index in [0.717, 1.165) is 26.3 Å². The Morgan fingerprint density at radius 3 is 2.62 bits per heavy atom. The minimum Gasteiger partial charge on any atom is -0.379 e. The molecule has 0 aromatic rings. The van der Waals surface area contributed by atoms with Crippen molar-refractivity contribution in [2.75, 3.05) is 32.8 Å². The van der Waals surface area contributed by atoms with Gasteiger partial charge in [0.2, 0.25) is 0 Å². The van der Waals surface area contributed by atoms with Gasteiger partial charge in [-0.3, -0.25) is 4.90 Å². The molecule has 0 aliphatic carbocycles. The van der Waals surface area contributed by atoms with Crippen molar-refractivity contribution in [3.05, 3.63) is 6.92 Å². The fraction of sp³-hybridized carbons (Fsp3) is 0.909. The SMILES string of the molecule is [CH2]C(C)CCCCN1CCOCC1. The zero-order valence-corrected chi connectivity index (χ0v) is 8.80. The minimum atomic E-state index is 0.615. The lowest BCUT2D eigenvalue weighted by Gasteiger charge is -2.26. The molecule has 1 radical (unpaired) electrons. The van der Waals surface area contributed by atoms with Gasteiger partial charge in [-0.2, -0.15) is 0 Å². The van der Waals surface area contributed by atoms with Gasteiger partial charge < -0.3 is 4.74 Å². The van der Waals surface area contributed by atoms with Gasteiger partial charge in [0, 0.05) is 13.1 Å². The maximum atomic E-state index is 5.29. The van der Waals surface area contributed by atoms with E-state index in [0.29, 0.717) is 5.92 Å². The molecule has 1 heterocycles. The van der Waals surface area contributed by atoms with E-state index >= 15 is 0 Å². The highest BCUT2D eigenvalue weighted by Gasteiger charge is 2.08. The van der Waals surface area contributed by atoms with Crippen molar-refractivity contribution >= 4 is 0 Å². The molecule has 1 atom stereocenters. The molecule has 0 N–H and O–H groups in total. The number of nitrogens with zero attached hydrogens (tertiary/aromatic N) is 1. The van der Waals surface area contributed by atoms with E-state index in [2.05, 4.69) is 18.7 Å². The second kappa shape index (κ2) is 6.39. The first-order valence-electron chi connectivity index (χ1n) is 5.42. The van der Waals surface area contributed by atoms with Crippen LogP contribution < -0.4 is 0 Å². The summed E-state index contributed by atoms with van der Waals surface area (Å²) in [5.41, 5.74) is 0. The first kappa shape index (κ1) is 11.0. The van der Waals surface area contributed by atoms with E-state index < -0.39 is 0 Å². The topological polar surface area (TPSA) is 12.5 Å². The average Bonchev–Trinajstić information content (AvgIpc) is 2.14. The van der Waals surface area contributed by atoms with E-state index in [9.17, 15) is 0 Å². The molecule has 0 aromatic heterocycles. The Balaban J connectivity index is 1.92. The molecule has 0 saturated carbocycles. The summed E-state index contributed by atoms with van der Waals surface area (Å²) in [5, 5.41) is 0. The number of hydrogen-bond donors (Lipinski definition) is 0. The number of morpholine rings is 1. The van der Waals surface area contributed by atoms with E-state index in [1.54, 1.807) is 0 Å². The Bertz CT molecular complexity index is 119. The maximum Gasteiger partial charge on any atom is 0.0594 e. The summed E-state index contributed by atoms with van der Waals surface area (Å²) in [6.07, 6.45) is 3.91. The first-order valence-corrected chi connectivity index (χ1v) is 5.42. The van der Waals surface area contributed by atoms with Crippen LogP contribution in [0, 0.1) is 12.8 Å². The molecular weight excluding hydrogens is 162 g/mol. The third-order valence-corrected chi connectivity index (χ3v) is 2.52. The van der Waals surface area contributed by atoms with Crippen molar-refractivity contribution in [1.82, 2.24) is 4.90 Å². The molecule has 0 aromatic carbocycles. The van der Waals surface area contributed by atoms with Gasteiger partial charge in [0.15, 0.2) is 0 Å². The van der Waals surface area contributed by atoms with Crippen molar-refractivity contribution in [3.8, 4) is 0 Å². The Morgan fingerprint density at radius 2 is 2.00 bits per heavy atom. The Morgan fingerprint density at radius 1 is 1.31 bits per heavy atom. The van der Waals surface area contributed by atoms with Gasteiger partial charge in [0.1, 0.15) is 0 Å². The Kier molecular flexibility index (Phi) is 5.40. The molecule has 0 bridgehead atoms. The Labute approximate surface area is 82.3 Å². The van der Waals surface area contributed by atoms with Crippen LogP contribution in [0.15, 0.2) is 0 Å². The van der Waals surface area contributed by atoms with Gasteiger partial charge in [-0.1, -0.05) is 26.7 Å². The van der Waals surface area contributed by atoms with Crippen LogP contribution in [0.3, 0.4) is 0 Å². The van der Waals surface area contributed by atoms with E-state index in [1.165, 1.54) is 25.8 Å². The van der Waals surface area contributed by atoms with Gasteiger partial charge in [-0.05, 0) is 18.9 Å². The molecule has 1 unspecified atom stereocenters. The normalized spacial score (nSPS) is 19.6. The van der Waals surface area contributed by atoms with Crippen LogP contribution in [-0.4, -0.2) is 37.7 Å². The third-order valence-electron chi connectivity index (χ3n) is 2.52. The second-order valence-corrected chi connectivity index (χ2v) is 4.05. The van der Waals surface area contributed by atoms with Gasteiger partial charge in [-0.15, -0.1) is 0 Å². The van der Waals surface area contributed by atoms with Crippen LogP contribution in [0.5, 0.6) is 0 Å². The summed E-state index contributed by atoms with van der Waals surface area (Å²) in [7, 11) is 0. The van der Waals surface area contributed by atoms with Crippen LogP contribution in [0.2, 0.25) is 0 Å². The molecule has 77 valence electrons. The summed E-state index contributed by atoms with van der Waals surface area (Å²) in [6.45, 7) is 11.5. The van der Waals surface area contributed by atoms with Gasteiger partial charge in [0.05, 0.1) is 13.2 Å². The minimum absolute atomic E-state index is 0.615. The summed E-state index contributed by atoms with van der Waals surface area (Å²) >= 11 is 0. The number of hydrogen-bond acceptors (Lipinski definition) is 2. The molecule has 2 nitrogen and oxygen atoms in total. The van der Waals surface area contributed by atoms with Crippen molar-refractivity contribution < 1.29 is 4.74 Å². The molecule has 1 aliphatic rings. The maximum absolute atomic E-state index is 5.29. The Hall–Kier alpha value is -0.0800. The molecule has 1 rings (SSSR count). The van der Waals surface area contributed by atoms with Crippen LogP contribution >= 0.6 is 0 Å². The first-order chi connectivity index (χ1) is 6.29. The molecular formula is C11H22NO.